The van der Waals surface area contributed by atoms with Gasteiger partial charge >= 0.3 is 5.97 Å². The van der Waals surface area contributed by atoms with Crippen molar-refractivity contribution in [3.63, 3.8) is 0 Å². The molecular weight excluding hydrogens is 254 g/mol. The van der Waals surface area contributed by atoms with E-state index in [1.54, 1.807) is 0 Å². The van der Waals surface area contributed by atoms with Crippen LogP contribution < -0.4 is 0 Å². The summed E-state index contributed by atoms with van der Waals surface area (Å²) in [6, 6.07) is 0. The zero-order chi connectivity index (χ0) is 14.0. The van der Waals surface area contributed by atoms with E-state index in [-0.39, 0.29) is 17.7 Å². The number of aliphatic carboxylic acids is 1. The number of hydrogen-bond acceptors (Lipinski definition) is 3. The number of carboxylic acid groups (broad SMARTS) is 1. The molecule has 0 aromatic carbocycles. The summed E-state index contributed by atoms with van der Waals surface area (Å²) in [5.74, 6) is -1.39. The lowest BCUT2D eigenvalue weighted by Crippen LogP contribution is -2.43. The Bertz CT molecular complexity index is 397. The summed E-state index contributed by atoms with van der Waals surface area (Å²) in [4.78, 5) is 11.2. The minimum absolute atomic E-state index is 0.106. The van der Waals surface area contributed by atoms with E-state index in [9.17, 15) is 18.3 Å². The van der Waals surface area contributed by atoms with Gasteiger partial charge in [0, 0.05) is 13.1 Å². The van der Waals surface area contributed by atoms with E-state index in [2.05, 4.69) is 0 Å². The lowest BCUT2D eigenvalue weighted by molar-refractivity contribution is -0.143. The van der Waals surface area contributed by atoms with Gasteiger partial charge < -0.3 is 5.11 Å². The van der Waals surface area contributed by atoms with Gasteiger partial charge in [-0.25, -0.2) is 12.7 Å². The van der Waals surface area contributed by atoms with Crippen molar-refractivity contribution >= 4 is 16.0 Å². The Balaban J connectivity index is 2.74. The first-order valence-corrected chi connectivity index (χ1v) is 7.93. The van der Waals surface area contributed by atoms with Crippen LogP contribution in [0.4, 0.5) is 0 Å². The molecule has 1 unspecified atom stereocenters. The maximum Gasteiger partial charge on any atom is 0.307 e. The summed E-state index contributed by atoms with van der Waals surface area (Å²) in [5, 5.41) is 9.22. The Morgan fingerprint density at radius 3 is 2.39 bits per heavy atom. The van der Waals surface area contributed by atoms with Gasteiger partial charge in [0.05, 0.1) is 11.7 Å². The lowest BCUT2D eigenvalue weighted by Gasteiger charge is -2.31. The van der Waals surface area contributed by atoms with Crippen LogP contribution in [0.25, 0.3) is 0 Å². The maximum absolute atomic E-state index is 11.8. The number of nitrogens with zero attached hydrogens (tertiary/aromatic N) is 1. The van der Waals surface area contributed by atoms with Crippen LogP contribution in [0.5, 0.6) is 0 Å². The van der Waals surface area contributed by atoms with Gasteiger partial charge in [0.15, 0.2) is 0 Å². The van der Waals surface area contributed by atoms with Crippen LogP contribution in [0.2, 0.25) is 0 Å². The molecule has 1 saturated heterocycles. The summed E-state index contributed by atoms with van der Waals surface area (Å²) in [6.07, 6.45) is 1.98. The number of hydrogen-bond donors (Lipinski definition) is 1. The minimum Gasteiger partial charge on any atom is -0.481 e. The molecule has 18 heavy (non-hydrogen) atoms. The van der Waals surface area contributed by atoms with Crippen LogP contribution >= 0.6 is 0 Å². The van der Waals surface area contributed by atoms with Crippen molar-refractivity contribution in [1.82, 2.24) is 4.31 Å². The number of carbonyl (C=O) groups is 1. The predicted molar refractivity (Wildman–Crippen MR) is 69.8 cm³/mol. The predicted octanol–water partition coefficient (Wildman–Crippen LogP) is 1.55. The third kappa shape index (κ3) is 4.57. The molecule has 0 aromatic rings. The molecule has 0 spiro atoms. The molecule has 6 heteroatoms. The second-order valence-electron chi connectivity index (χ2n) is 6.18. The number of carboxylic acids is 1. The minimum atomic E-state index is -3.24. The van der Waals surface area contributed by atoms with Crippen LogP contribution in [-0.4, -0.2) is 42.6 Å². The first-order valence-electron chi connectivity index (χ1n) is 6.32. The van der Waals surface area contributed by atoms with Crippen LogP contribution in [0, 0.1) is 11.3 Å². The van der Waals surface area contributed by atoms with Crippen molar-refractivity contribution in [1.29, 1.82) is 0 Å². The maximum atomic E-state index is 11.8. The second kappa shape index (κ2) is 5.57. The van der Waals surface area contributed by atoms with Crippen molar-refractivity contribution in [2.24, 2.45) is 11.3 Å². The standard InChI is InChI=1S/C12H23NO4S/c1-12(2,3)8-10(11(14)15)9-13-6-4-5-7-18(13,16)17/h10H,4-9H2,1-3H3,(H,14,15). The van der Waals surface area contributed by atoms with Crippen molar-refractivity contribution < 1.29 is 18.3 Å². The van der Waals surface area contributed by atoms with Gasteiger partial charge in [0.2, 0.25) is 10.0 Å². The Kier molecular flexibility index (Phi) is 4.78. The zero-order valence-corrected chi connectivity index (χ0v) is 12.2. The van der Waals surface area contributed by atoms with Gasteiger partial charge in [-0.3, -0.25) is 4.79 Å². The van der Waals surface area contributed by atoms with E-state index in [4.69, 9.17) is 0 Å². The van der Waals surface area contributed by atoms with Gasteiger partial charge in [0.1, 0.15) is 0 Å². The van der Waals surface area contributed by atoms with Crippen LogP contribution in [0.3, 0.4) is 0 Å². The highest BCUT2D eigenvalue weighted by atomic mass is 32.2. The zero-order valence-electron chi connectivity index (χ0n) is 11.3. The molecule has 0 saturated carbocycles. The van der Waals surface area contributed by atoms with E-state index in [1.807, 2.05) is 20.8 Å². The molecule has 0 radical (unpaired) electrons. The SMILES string of the molecule is CC(C)(C)CC(CN1CCCCS1(=O)=O)C(=O)O. The normalized spacial score (nSPS) is 22.6. The highest BCUT2D eigenvalue weighted by molar-refractivity contribution is 7.89. The summed E-state index contributed by atoms with van der Waals surface area (Å²) in [7, 11) is -3.24. The monoisotopic (exact) mass is 277 g/mol. The Morgan fingerprint density at radius 2 is 1.94 bits per heavy atom. The summed E-state index contributed by atoms with van der Waals surface area (Å²) >= 11 is 0. The first kappa shape index (κ1) is 15.4. The number of sulfonamides is 1. The molecule has 106 valence electrons. The molecule has 1 atom stereocenters. The average Bonchev–Trinajstić information content (AvgIpc) is 2.17. The summed E-state index contributed by atoms with van der Waals surface area (Å²) in [6.45, 7) is 6.46. The summed E-state index contributed by atoms with van der Waals surface area (Å²) in [5.41, 5.74) is -0.122. The van der Waals surface area contributed by atoms with E-state index in [0.717, 1.165) is 6.42 Å². The fourth-order valence-corrected chi connectivity index (χ4v) is 3.90. The van der Waals surface area contributed by atoms with E-state index < -0.39 is 21.9 Å². The Labute approximate surface area is 109 Å². The van der Waals surface area contributed by atoms with Crippen molar-refractivity contribution in [2.45, 2.75) is 40.0 Å². The Hall–Kier alpha value is -0.620. The fourth-order valence-electron chi connectivity index (χ4n) is 2.26. The topological polar surface area (TPSA) is 74.7 Å². The molecule has 0 amide bonds. The third-order valence-corrected chi connectivity index (χ3v) is 5.01. The molecule has 0 aliphatic carbocycles. The quantitative estimate of drug-likeness (QED) is 0.846. The molecule has 1 fully saturated rings. The van der Waals surface area contributed by atoms with Gasteiger partial charge in [-0.1, -0.05) is 20.8 Å². The molecule has 5 nitrogen and oxygen atoms in total. The van der Waals surface area contributed by atoms with Crippen molar-refractivity contribution in [2.75, 3.05) is 18.8 Å². The fraction of sp³-hybridized carbons (Fsp3) is 0.917. The molecule has 1 aliphatic heterocycles. The first-order chi connectivity index (χ1) is 8.12. The third-order valence-electron chi connectivity index (χ3n) is 3.09. The molecule has 0 bridgehead atoms. The smallest absolute Gasteiger partial charge is 0.307 e. The van der Waals surface area contributed by atoms with E-state index >= 15 is 0 Å². The van der Waals surface area contributed by atoms with Gasteiger partial charge in [-0.15, -0.1) is 0 Å². The van der Waals surface area contributed by atoms with E-state index in [0.29, 0.717) is 19.4 Å². The van der Waals surface area contributed by atoms with Crippen LogP contribution in [0.15, 0.2) is 0 Å². The van der Waals surface area contributed by atoms with Crippen LogP contribution in [0.1, 0.15) is 40.0 Å². The lowest BCUT2D eigenvalue weighted by atomic mass is 9.84. The van der Waals surface area contributed by atoms with Gasteiger partial charge in [-0.05, 0) is 24.7 Å². The molecule has 1 aliphatic rings. The second-order valence-corrected chi connectivity index (χ2v) is 8.27. The highest BCUT2D eigenvalue weighted by Crippen LogP contribution is 2.26. The van der Waals surface area contributed by atoms with Crippen molar-refractivity contribution in [3.8, 4) is 0 Å². The Morgan fingerprint density at radius 1 is 1.33 bits per heavy atom. The molecule has 1 N–H and O–H groups in total. The molecule has 0 aromatic heterocycles. The molecule has 1 heterocycles. The summed E-state index contributed by atoms with van der Waals surface area (Å²) < 4.78 is 25.0. The number of rotatable bonds is 4. The molecule has 1 rings (SSSR count). The molecular formula is C12H23NO4S. The highest BCUT2D eigenvalue weighted by Gasteiger charge is 2.32. The van der Waals surface area contributed by atoms with E-state index in [1.165, 1.54) is 4.31 Å². The van der Waals surface area contributed by atoms with Gasteiger partial charge in [-0.2, -0.15) is 0 Å². The largest absolute Gasteiger partial charge is 0.481 e. The van der Waals surface area contributed by atoms with Crippen molar-refractivity contribution in [3.05, 3.63) is 0 Å². The average molecular weight is 277 g/mol. The van der Waals surface area contributed by atoms with Crippen LogP contribution in [-0.2, 0) is 14.8 Å². The van der Waals surface area contributed by atoms with Gasteiger partial charge in [0.25, 0.3) is 0 Å².